The average Bonchev–Trinajstić information content (AvgIpc) is 3.39. The number of nitrogens with zero attached hydrogens (tertiary/aromatic N) is 8. The molecular formula is C22H25F3N8O. The third kappa shape index (κ3) is 5.87. The maximum atomic E-state index is 13.2. The van der Waals surface area contributed by atoms with Gasteiger partial charge < -0.3 is 4.90 Å². The number of piperazine rings is 1. The summed E-state index contributed by atoms with van der Waals surface area (Å²) in [6.45, 7) is 5.04. The van der Waals surface area contributed by atoms with E-state index >= 15 is 0 Å². The van der Waals surface area contributed by atoms with Gasteiger partial charge in [0.05, 0.1) is 18.3 Å². The molecule has 1 aromatic carbocycles. The summed E-state index contributed by atoms with van der Waals surface area (Å²) in [4.78, 5) is 17.9. The first-order valence-corrected chi connectivity index (χ1v) is 10.8. The summed E-state index contributed by atoms with van der Waals surface area (Å²) >= 11 is 0. The third-order valence-corrected chi connectivity index (χ3v) is 5.59. The number of tetrazole rings is 1. The molecule has 0 aliphatic carbocycles. The number of halogens is 3. The molecule has 9 nitrogen and oxygen atoms in total. The minimum absolute atomic E-state index is 0.00560. The molecule has 1 amide bonds. The fourth-order valence-corrected chi connectivity index (χ4v) is 3.83. The molecule has 0 unspecified atom stereocenters. The summed E-state index contributed by atoms with van der Waals surface area (Å²) < 4.78 is 41.5. The van der Waals surface area contributed by atoms with E-state index in [1.807, 2.05) is 19.4 Å². The highest BCUT2D eigenvalue weighted by Gasteiger charge is 2.31. The van der Waals surface area contributed by atoms with Crippen LogP contribution in [0.25, 0.3) is 6.08 Å². The molecule has 12 heteroatoms. The highest BCUT2D eigenvalue weighted by molar-refractivity contribution is 5.92. The van der Waals surface area contributed by atoms with Crippen LogP contribution in [0, 0.1) is 6.92 Å². The smallest absolute Gasteiger partial charge is 0.337 e. The molecule has 0 saturated carbocycles. The van der Waals surface area contributed by atoms with Crippen LogP contribution in [-0.4, -0.2) is 71.9 Å². The van der Waals surface area contributed by atoms with E-state index < -0.39 is 11.7 Å². The largest absolute Gasteiger partial charge is 0.416 e. The lowest BCUT2D eigenvalue weighted by Crippen LogP contribution is -2.47. The van der Waals surface area contributed by atoms with Crippen LogP contribution in [0.1, 0.15) is 28.1 Å². The van der Waals surface area contributed by atoms with Gasteiger partial charge in [0.2, 0.25) is 5.91 Å². The molecule has 1 saturated heterocycles. The molecule has 4 rings (SSSR count). The van der Waals surface area contributed by atoms with Crippen LogP contribution in [0.5, 0.6) is 0 Å². The Bertz CT molecular complexity index is 1180. The first kappa shape index (κ1) is 23.6. The third-order valence-electron chi connectivity index (χ3n) is 5.59. The molecule has 0 spiro atoms. The van der Waals surface area contributed by atoms with Gasteiger partial charge in [0.1, 0.15) is 0 Å². The molecule has 2 aromatic heterocycles. The molecule has 1 aliphatic heterocycles. The number of carbonyl (C=O) groups excluding carboxylic acids is 1. The quantitative estimate of drug-likeness (QED) is 0.509. The van der Waals surface area contributed by atoms with E-state index in [0.717, 1.165) is 37.3 Å². The van der Waals surface area contributed by atoms with E-state index in [1.165, 1.54) is 16.9 Å². The van der Waals surface area contributed by atoms with Crippen molar-refractivity contribution in [3.05, 3.63) is 64.7 Å². The second-order valence-electron chi connectivity index (χ2n) is 8.24. The average molecular weight is 474 g/mol. The monoisotopic (exact) mass is 474 g/mol. The van der Waals surface area contributed by atoms with Gasteiger partial charge in [0.25, 0.3) is 0 Å². The van der Waals surface area contributed by atoms with Crippen LogP contribution in [0.2, 0.25) is 0 Å². The minimum Gasteiger partial charge on any atom is -0.337 e. The number of benzene rings is 1. The standard InChI is InChI=1S/C22H25F3N8O/c1-16-27-29-33(28-16)15-19-11-20(22(23,24)25)5-3-18(19)4-6-21(34)32-9-7-31(8-10-32)14-17-12-26-30(2)13-17/h3-6,11-13H,7-10,14-15H2,1-2H3. The second-order valence-corrected chi connectivity index (χ2v) is 8.24. The number of aromatic nitrogens is 6. The Morgan fingerprint density at radius 3 is 2.53 bits per heavy atom. The lowest BCUT2D eigenvalue weighted by atomic mass is 10.0. The highest BCUT2D eigenvalue weighted by Crippen LogP contribution is 2.31. The Kier molecular flexibility index (Phi) is 6.77. The van der Waals surface area contributed by atoms with E-state index in [1.54, 1.807) is 22.6 Å². The molecule has 180 valence electrons. The van der Waals surface area contributed by atoms with Crippen LogP contribution in [-0.2, 0) is 31.1 Å². The van der Waals surface area contributed by atoms with E-state index in [0.29, 0.717) is 30.0 Å². The summed E-state index contributed by atoms with van der Waals surface area (Å²) in [5.74, 6) is 0.239. The van der Waals surface area contributed by atoms with Gasteiger partial charge in [-0.1, -0.05) is 6.07 Å². The zero-order valence-corrected chi connectivity index (χ0v) is 18.9. The number of hydrogen-bond acceptors (Lipinski definition) is 6. The van der Waals surface area contributed by atoms with Crippen LogP contribution in [0.4, 0.5) is 13.2 Å². The number of alkyl halides is 3. The number of hydrogen-bond donors (Lipinski definition) is 0. The molecule has 0 radical (unpaired) electrons. The Hall–Kier alpha value is -3.54. The minimum atomic E-state index is -4.48. The van der Waals surface area contributed by atoms with Gasteiger partial charge >= 0.3 is 6.18 Å². The molecule has 0 atom stereocenters. The van der Waals surface area contributed by atoms with Crippen molar-refractivity contribution in [2.75, 3.05) is 26.2 Å². The number of rotatable bonds is 6. The summed E-state index contributed by atoms with van der Waals surface area (Å²) in [5, 5.41) is 15.8. The van der Waals surface area contributed by atoms with Crippen LogP contribution in [0.15, 0.2) is 36.7 Å². The zero-order valence-electron chi connectivity index (χ0n) is 18.9. The molecule has 0 bridgehead atoms. The molecule has 34 heavy (non-hydrogen) atoms. The van der Waals surface area contributed by atoms with Gasteiger partial charge in [-0.25, -0.2) is 0 Å². The van der Waals surface area contributed by atoms with Crippen LogP contribution < -0.4 is 0 Å². The lowest BCUT2D eigenvalue weighted by molar-refractivity contribution is -0.137. The molecule has 3 aromatic rings. The summed E-state index contributed by atoms with van der Waals surface area (Å²) in [7, 11) is 1.87. The second kappa shape index (κ2) is 9.75. The normalized spacial score (nSPS) is 15.4. The van der Waals surface area contributed by atoms with Gasteiger partial charge in [0.15, 0.2) is 5.82 Å². The zero-order chi connectivity index (χ0) is 24.3. The summed E-state index contributed by atoms with van der Waals surface area (Å²) in [6.07, 6.45) is 2.27. The van der Waals surface area contributed by atoms with Gasteiger partial charge in [-0.2, -0.15) is 23.1 Å². The number of amides is 1. The molecule has 0 N–H and O–H groups in total. The van der Waals surface area contributed by atoms with E-state index in [4.69, 9.17) is 0 Å². The first-order chi connectivity index (χ1) is 16.2. The van der Waals surface area contributed by atoms with E-state index in [-0.39, 0.29) is 12.5 Å². The van der Waals surface area contributed by atoms with Gasteiger partial charge in [-0.05, 0) is 41.5 Å². The van der Waals surface area contributed by atoms with Gasteiger partial charge in [-0.3, -0.25) is 14.4 Å². The van der Waals surface area contributed by atoms with Crippen molar-refractivity contribution in [2.45, 2.75) is 26.2 Å². The van der Waals surface area contributed by atoms with Crippen molar-refractivity contribution in [3.63, 3.8) is 0 Å². The first-order valence-electron chi connectivity index (χ1n) is 10.8. The maximum Gasteiger partial charge on any atom is 0.416 e. The van der Waals surface area contributed by atoms with Crippen molar-refractivity contribution >= 4 is 12.0 Å². The molecule has 3 heterocycles. The molecule has 1 aliphatic rings. The fraction of sp³-hybridized carbons (Fsp3) is 0.409. The summed E-state index contributed by atoms with van der Waals surface area (Å²) in [6, 6.07) is 3.42. The van der Waals surface area contributed by atoms with Crippen molar-refractivity contribution in [1.29, 1.82) is 0 Å². The van der Waals surface area contributed by atoms with Crippen LogP contribution in [0.3, 0.4) is 0 Å². The summed E-state index contributed by atoms with van der Waals surface area (Å²) in [5.41, 5.74) is 1.19. The topological polar surface area (TPSA) is 85.0 Å². The lowest BCUT2D eigenvalue weighted by Gasteiger charge is -2.34. The Labute approximate surface area is 194 Å². The predicted octanol–water partition coefficient (Wildman–Crippen LogP) is 2.14. The van der Waals surface area contributed by atoms with Gasteiger partial charge in [0, 0.05) is 57.6 Å². The predicted molar refractivity (Wildman–Crippen MR) is 117 cm³/mol. The van der Waals surface area contributed by atoms with Crippen molar-refractivity contribution in [1.82, 2.24) is 39.8 Å². The molecular weight excluding hydrogens is 449 g/mol. The number of carbonyl (C=O) groups is 1. The van der Waals surface area contributed by atoms with Gasteiger partial charge in [-0.15, -0.1) is 10.2 Å². The Morgan fingerprint density at radius 2 is 1.91 bits per heavy atom. The van der Waals surface area contributed by atoms with Crippen LogP contribution >= 0.6 is 0 Å². The van der Waals surface area contributed by atoms with E-state index in [2.05, 4.69) is 25.4 Å². The maximum absolute atomic E-state index is 13.2. The Balaban J connectivity index is 1.42. The highest BCUT2D eigenvalue weighted by atomic mass is 19.4. The molecule has 1 fully saturated rings. The Morgan fingerprint density at radius 1 is 1.15 bits per heavy atom. The fourth-order valence-electron chi connectivity index (χ4n) is 3.83. The number of aryl methyl sites for hydroxylation is 2. The van der Waals surface area contributed by atoms with E-state index in [9.17, 15) is 18.0 Å². The SMILES string of the molecule is Cc1nnn(Cc2cc(C(F)(F)F)ccc2C=CC(=O)N2CCN(Cc3cnn(C)c3)CC2)n1. The van der Waals surface area contributed by atoms with Crippen molar-refractivity contribution in [2.24, 2.45) is 7.05 Å². The van der Waals surface area contributed by atoms with Crippen molar-refractivity contribution < 1.29 is 18.0 Å². The van der Waals surface area contributed by atoms with Crippen molar-refractivity contribution in [3.8, 4) is 0 Å².